The molecule has 3 aromatic carbocycles. The van der Waals surface area contributed by atoms with Gasteiger partial charge in [-0.25, -0.2) is 13.8 Å². The minimum atomic E-state index is -0.346. The summed E-state index contributed by atoms with van der Waals surface area (Å²) in [6.45, 7) is 0. The van der Waals surface area contributed by atoms with Gasteiger partial charge >= 0.3 is 0 Å². The van der Waals surface area contributed by atoms with Crippen LogP contribution in [0.1, 0.15) is 0 Å². The average molecular weight is 441 g/mol. The predicted molar refractivity (Wildman–Crippen MR) is 123 cm³/mol. The highest BCUT2D eigenvalue weighted by Gasteiger charge is 2.18. The fraction of sp³-hybridized carbons (Fsp3) is 0. The molecule has 6 aromatic rings. The predicted octanol–water partition coefficient (Wildman–Crippen LogP) is 6.07. The lowest BCUT2D eigenvalue weighted by Gasteiger charge is -2.10. The Morgan fingerprint density at radius 1 is 0.781 bits per heavy atom. The third-order valence-electron chi connectivity index (χ3n) is 5.48. The van der Waals surface area contributed by atoms with Gasteiger partial charge in [0.15, 0.2) is 5.65 Å². The smallest absolute Gasteiger partial charge is 0.267 e. The summed E-state index contributed by atoms with van der Waals surface area (Å²) in [5.74, 6) is -0.688. The van der Waals surface area contributed by atoms with Gasteiger partial charge in [-0.2, -0.15) is 9.61 Å². The normalized spacial score (nSPS) is 11.6. The van der Waals surface area contributed by atoms with Gasteiger partial charge in [-0.1, -0.05) is 36.4 Å². The zero-order chi connectivity index (χ0) is 21.8. The van der Waals surface area contributed by atoms with Crippen molar-refractivity contribution in [3.05, 3.63) is 100 Å². The topological polar surface area (TPSA) is 47.3 Å². The summed E-state index contributed by atoms with van der Waals surface area (Å²) >= 11 is 1.37. The molecule has 0 spiro atoms. The molecule has 4 nitrogen and oxygen atoms in total. The number of rotatable bonds is 2. The quantitative estimate of drug-likeness (QED) is 0.307. The van der Waals surface area contributed by atoms with E-state index in [2.05, 4.69) is 5.10 Å². The van der Waals surface area contributed by atoms with E-state index < -0.39 is 0 Å². The maximum absolute atomic E-state index is 13.6. The van der Waals surface area contributed by atoms with Crippen molar-refractivity contribution < 1.29 is 8.78 Å². The summed E-state index contributed by atoms with van der Waals surface area (Å²) in [6, 6.07) is 19.6. The standard InChI is InChI=1S/C25H13F2N3OS/c26-16-9-5-14(6-10-16)20-13-32-24-21(20)25(31)30-23(28-24)19-4-2-1-3-18(19)22(29-30)15-7-11-17(27)12-8-15/h1-13H. The molecule has 32 heavy (non-hydrogen) atoms. The van der Waals surface area contributed by atoms with Crippen LogP contribution in [0.25, 0.3) is 49.0 Å². The van der Waals surface area contributed by atoms with Crippen molar-refractivity contribution in [2.75, 3.05) is 0 Å². The van der Waals surface area contributed by atoms with Crippen LogP contribution in [0.4, 0.5) is 8.78 Å². The Labute approximate surface area is 184 Å². The molecule has 0 atom stereocenters. The molecular weight excluding hydrogens is 428 g/mol. The second kappa shape index (κ2) is 7.03. The summed E-state index contributed by atoms with van der Waals surface area (Å²) in [7, 11) is 0. The molecule has 0 aliphatic carbocycles. The van der Waals surface area contributed by atoms with Crippen molar-refractivity contribution in [1.29, 1.82) is 0 Å². The van der Waals surface area contributed by atoms with E-state index in [4.69, 9.17) is 4.98 Å². The number of hydrogen-bond donors (Lipinski definition) is 0. The van der Waals surface area contributed by atoms with Gasteiger partial charge in [0.25, 0.3) is 5.56 Å². The van der Waals surface area contributed by atoms with Gasteiger partial charge in [-0.3, -0.25) is 4.79 Å². The molecule has 0 unspecified atom stereocenters. The molecule has 0 amide bonds. The second-order valence-electron chi connectivity index (χ2n) is 7.39. The van der Waals surface area contributed by atoms with E-state index in [0.717, 1.165) is 16.3 Å². The molecule has 0 saturated heterocycles. The first kappa shape index (κ1) is 18.8. The van der Waals surface area contributed by atoms with E-state index in [1.807, 2.05) is 29.6 Å². The number of fused-ring (bicyclic) bond motifs is 4. The highest BCUT2D eigenvalue weighted by atomic mass is 32.1. The van der Waals surface area contributed by atoms with Crippen molar-refractivity contribution in [3.63, 3.8) is 0 Å². The molecule has 0 aliphatic heterocycles. The summed E-state index contributed by atoms with van der Waals surface area (Å²) < 4.78 is 28.2. The van der Waals surface area contributed by atoms with E-state index in [-0.39, 0.29) is 17.2 Å². The zero-order valence-electron chi connectivity index (χ0n) is 16.4. The van der Waals surface area contributed by atoms with Crippen molar-refractivity contribution in [2.24, 2.45) is 0 Å². The average Bonchev–Trinajstić information content (AvgIpc) is 3.24. The number of halogens is 2. The Kier molecular flexibility index (Phi) is 4.13. The first-order chi connectivity index (χ1) is 15.6. The Balaban J connectivity index is 1.72. The molecule has 3 aromatic heterocycles. The molecule has 0 saturated carbocycles. The molecule has 0 N–H and O–H groups in total. The number of nitrogens with zero attached hydrogens (tertiary/aromatic N) is 3. The first-order valence-electron chi connectivity index (χ1n) is 9.85. The molecule has 0 bridgehead atoms. The van der Waals surface area contributed by atoms with Gasteiger partial charge < -0.3 is 0 Å². The third-order valence-corrected chi connectivity index (χ3v) is 6.35. The van der Waals surface area contributed by atoms with Gasteiger partial charge in [0, 0.05) is 27.3 Å². The van der Waals surface area contributed by atoms with E-state index >= 15 is 0 Å². The van der Waals surface area contributed by atoms with E-state index in [1.165, 1.54) is 40.1 Å². The van der Waals surface area contributed by atoms with Crippen molar-refractivity contribution >= 4 is 38.0 Å². The lowest BCUT2D eigenvalue weighted by Crippen LogP contribution is -2.18. The molecule has 3 heterocycles. The molecule has 154 valence electrons. The SMILES string of the molecule is O=c1c2c(-c3ccc(F)cc3)csc2nc2c3ccccc3c(-c3ccc(F)cc3)nn12. The van der Waals surface area contributed by atoms with Crippen molar-refractivity contribution in [3.8, 4) is 22.4 Å². The minimum Gasteiger partial charge on any atom is -0.267 e. The summed E-state index contributed by atoms with van der Waals surface area (Å²) in [6.07, 6.45) is 0. The Morgan fingerprint density at radius 2 is 1.41 bits per heavy atom. The summed E-state index contributed by atoms with van der Waals surface area (Å²) in [4.78, 5) is 19.0. The maximum Gasteiger partial charge on any atom is 0.283 e. The van der Waals surface area contributed by atoms with Crippen LogP contribution in [-0.4, -0.2) is 14.6 Å². The summed E-state index contributed by atoms with van der Waals surface area (Å²) in [5, 5.41) is 8.53. The lowest BCUT2D eigenvalue weighted by atomic mass is 10.0. The number of aromatic nitrogens is 3. The van der Waals surface area contributed by atoms with E-state index in [1.54, 1.807) is 24.3 Å². The minimum absolute atomic E-state index is 0.306. The van der Waals surface area contributed by atoms with Crippen LogP contribution in [0.3, 0.4) is 0 Å². The van der Waals surface area contributed by atoms with Gasteiger partial charge in [-0.05, 0) is 42.0 Å². The van der Waals surface area contributed by atoms with Gasteiger partial charge in [-0.15, -0.1) is 11.3 Å². The first-order valence-corrected chi connectivity index (χ1v) is 10.7. The fourth-order valence-electron chi connectivity index (χ4n) is 3.95. The van der Waals surface area contributed by atoms with E-state index in [0.29, 0.717) is 32.7 Å². The fourth-order valence-corrected chi connectivity index (χ4v) is 4.89. The largest absolute Gasteiger partial charge is 0.283 e. The number of thiophene rings is 1. The van der Waals surface area contributed by atoms with Gasteiger partial charge in [0.05, 0.1) is 11.1 Å². The van der Waals surface area contributed by atoms with Crippen LogP contribution in [0.5, 0.6) is 0 Å². The molecule has 7 heteroatoms. The molecule has 6 rings (SSSR count). The molecule has 0 fully saturated rings. The number of benzene rings is 3. The van der Waals surface area contributed by atoms with Crippen LogP contribution >= 0.6 is 11.3 Å². The van der Waals surface area contributed by atoms with Crippen LogP contribution in [0.2, 0.25) is 0 Å². The number of hydrogen-bond acceptors (Lipinski definition) is 4. The maximum atomic E-state index is 13.6. The molecule has 0 radical (unpaired) electrons. The van der Waals surface area contributed by atoms with Gasteiger partial charge in [0.1, 0.15) is 16.5 Å². The van der Waals surface area contributed by atoms with Crippen LogP contribution in [0, 0.1) is 11.6 Å². The monoisotopic (exact) mass is 441 g/mol. The molecular formula is C25H13F2N3OS. The lowest BCUT2D eigenvalue weighted by molar-refractivity contribution is 0.627. The van der Waals surface area contributed by atoms with Crippen LogP contribution in [-0.2, 0) is 0 Å². The van der Waals surface area contributed by atoms with E-state index in [9.17, 15) is 13.6 Å². The molecule has 0 aliphatic rings. The van der Waals surface area contributed by atoms with Crippen LogP contribution < -0.4 is 5.56 Å². The van der Waals surface area contributed by atoms with Crippen molar-refractivity contribution in [2.45, 2.75) is 0 Å². The summed E-state index contributed by atoms with van der Waals surface area (Å²) in [5.41, 5.74) is 2.83. The Hall–Kier alpha value is -3.97. The Morgan fingerprint density at radius 3 is 2.09 bits per heavy atom. The van der Waals surface area contributed by atoms with Gasteiger partial charge in [0.2, 0.25) is 0 Å². The zero-order valence-corrected chi connectivity index (χ0v) is 17.2. The van der Waals surface area contributed by atoms with Crippen LogP contribution in [0.15, 0.2) is 83.0 Å². The highest BCUT2D eigenvalue weighted by Crippen LogP contribution is 2.33. The highest BCUT2D eigenvalue weighted by molar-refractivity contribution is 7.17. The van der Waals surface area contributed by atoms with Crippen molar-refractivity contribution in [1.82, 2.24) is 14.6 Å². The Bertz CT molecular complexity index is 1700. The second-order valence-corrected chi connectivity index (χ2v) is 8.25. The third kappa shape index (κ3) is 2.82.